The average Bonchev–Trinajstić information content (AvgIpc) is 2.45. The summed E-state index contributed by atoms with van der Waals surface area (Å²) in [5.41, 5.74) is 0.327. The zero-order valence-corrected chi connectivity index (χ0v) is 11.9. The molecular weight excluding hydrogens is 287 g/mol. The number of nitrogens with zero attached hydrogens (tertiary/aromatic N) is 1. The van der Waals surface area contributed by atoms with E-state index in [1.807, 2.05) is 12.3 Å². The van der Waals surface area contributed by atoms with E-state index in [0.29, 0.717) is 18.4 Å². The zero-order valence-electron chi connectivity index (χ0n) is 11.1. The van der Waals surface area contributed by atoms with E-state index in [9.17, 15) is 18.0 Å². The third-order valence-corrected chi connectivity index (χ3v) is 4.18. The number of hydrogen-bond acceptors (Lipinski definition) is 2. The van der Waals surface area contributed by atoms with Gasteiger partial charge in [0.05, 0.1) is 0 Å². The molecule has 0 bridgehead atoms. The highest BCUT2D eigenvalue weighted by Crippen LogP contribution is 2.33. The van der Waals surface area contributed by atoms with Crippen molar-refractivity contribution in [3.8, 4) is 0 Å². The maximum Gasteiger partial charge on any atom is 0.408 e. The van der Waals surface area contributed by atoms with Crippen molar-refractivity contribution in [3.63, 3.8) is 0 Å². The standard InChI is InChI=1S/C14H16F3NOS/c1-20-11-6-4-5-10(9-11)13(19)18-8-3-2-7-12(18)14(15,16)17/h4-6,9,12H,2-3,7-8H2,1H3. The van der Waals surface area contributed by atoms with E-state index >= 15 is 0 Å². The van der Waals surface area contributed by atoms with Crippen LogP contribution in [0.2, 0.25) is 0 Å². The van der Waals surface area contributed by atoms with Crippen LogP contribution < -0.4 is 0 Å². The monoisotopic (exact) mass is 303 g/mol. The van der Waals surface area contributed by atoms with Crippen molar-refractivity contribution in [2.75, 3.05) is 12.8 Å². The average molecular weight is 303 g/mol. The van der Waals surface area contributed by atoms with Gasteiger partial charge in [-0.2, -0.15) is 13.2 Å². The Hall–Kier alpha value is -1.17. The molecule has 0 N–H and O–H groups in total. The van der Waals surface area contributed by atoms with Gasteiger partial charge in [-0.3, -0.25) is 4.79 Å². The molecule has 110 valence electrons. The number of rotatable bonds is 2. The van der Waals surface area contributed by atoms with Gasteiger partial charge in [-0.05, 0) is 43.7 Å². The lowest BCUT2D eigenvalue weighted by Crippen LogP contribution is -2.51. The largest absolute Gasteiger partial charge is 0.408 e. The minimum atomic E-state index is -4.35. The van der Waals surface area contributed by atoms with Gasteiger partial charge in [0, 0.05) is 17.0 Å². The molecule has 0 aromatic heterocycles. The summed E-state index contributed by atoms with van der Waals surface area (Å²) < 4.78 is 39.0. The minimum Gasteiger partial charge on any atom is -0.327 e. The van der Waals surface area contributed by atoms with E-state index in [1.54, 1.807) is 18.2 Å². The third-order valence-electron chi connectivity index (χ3n) is 3.46. The van der Waals surface area contributed by atoms with Gasteiger partial charge in [-0.15, -0.1) is 11.8 Å². The van der Waals surface area contributed by atoms with Crippen LogP contribution in [0.5, 0.6) is 0 Å². The summed E-state index contributed by atoms with van der Waals surface area (Å²) in [5, 5.41) is 0. The molecule has 0 radical (unpaired) electrons. The van der Waals surface area contributed by atoms with Crippen molar-refractivity contribution in [1.29, 1.82) is 0 Å². The second-order valence-electron chi connectivity index (χ2n) is 4.78. The Morgan fingerprint density at radius 3 is 2.75 bits per heavy atom. The topological polar surface area (TPSA) is 20.3 Å². The maximum atomic E-state index is 13.0. The van der Waals surface area contributed by atoms with Crippen LogP contribution in [0.25, 0.3) is 0 Å². The molecule has 1 amide bonds. The number of carbonyl (C=O) groups is 1. The normalized spacial score (nSPS) is 20.0. The fourth-order valence-electron chi connectivity index (χ4n) is 2.44. The van der Waals surface area contributed by atoms with Crippen molar-refractivity contribution in [2.24, 2.45) is 0 Å². The van der Waals surface area contributed by atoms with Crippen LogP contribution in [0.1, 0.15) is 29.6 Å². The number of amides is 1. The molecule has 0 spiro atoms. The second-order valence-corrected chi connectivity index (χ2v) is 5.66. The van der Waals surface area contributed by atoms with Crippen molar-refractivity contribution in [2.45, 2.75) is 36.4 Å². The molecule has 1 aliphatic heterocycles. The number of piperidine rings is 1. The van der Waals surface area contributed by atoms with E-state index < -0.39 is 18.1 Å². The number of halogens is 3. The summed E-state index contributed by atoms with van der Waals surface area (Å²) in [6.45, 7) is 0.173. The molecule has 20 heavy (non-hydrogen) atoms. The molecule has 0 saturated carbocycles. The molecule has 1 aromatic carbocycles. The smallest absolute Gasteiger partial charge is 0.327 e. The number of thioether (sulfide) groups is 1. The van der Waals surface area contributed by atoms with Crippen LogP contribution in [0.3, 0.4) is 0 Å². The Labute approximate surface area is 120 Å². The highest BCUT2D eigenvalue weighted by atomic mass is 32.2. The van der Waals surface area contributed by atoms with Crippen LogP contribution in [0.15, 0.2) is 29.2 Å². The summed E-state index contributed by atoms with van der Waals surface area (Å²) >= 11 is 1.46. The van der Waals surface area contributed by atoms with Crippen molar-refractivity contribution in [3.05, 3.63) is 29.8 Å². The molecule has 1 fully saturated rings. The van der Waals surface area contributed by atoms with Gasteiger partial charge in [0.1, 0.15) is 6.04 Å². The third kappa shape index (κ3) is 3.29. The lowest BCUT2D eigenvalue weighted by molar-refractivity contribution is -0.183. The number of benzene rings is 1. The Kier molecular flexibility index (Phi) is 4.62. The van der Waals surface area contributed by atoms with Gasteiger partial charge in [-0.1, -0.05) is 6.07 Å². The predicted molar refractivity (Wildman–Crippen MR) is 73.0 cm³/mol. The van der Waals surface area contributed by atoms with Gasteiger partial charge >= 0.3 is 6.18 Å². The molecule has 2 rings (SSSR count). The molecule has 1 atom stereocenters. The maximum absolute atomic E-state index is 13.0. The molecule has 1 saturated heterocycles. The fourth-order valence-corrected chi connectivity index (χ4v) is 2.90. The second kappa shape index (κ2) is 6.08. The van der Waals surface area contributed by atoms with Crippen LogP contribution in [-0.4, -0.2) is 35.8 Å². The van der Waals surface area contributed by atoms with Crippen molar-refractivity contribution >= 4 is 17.7 Å². The number of hydrogen-bond donors (Lipinski definition) is 0. The molecule has 0 aliphatic carbocycles. The molecule has 1 aromatic rings. The van der Waals surface area contributed by atoms with Crippen molar-refractivity contribution < 1.29 is 18.0 Å². The highest BCUT2D eigenvalue weighted by Gasteiger charge is 2.46. The fraction of sp³-hybridized carbons (Fsp3) is 0.500. The SMILES string of the molecule is CSc1cccc(C(=O)N2CCCCC2C(F)(F)F)c1. The highest BCUT2D eigenvalue weighted by molar-refractivity contribution is 7.98. The van der Waals surface area contributed by atoms with Crippen LogP contribution in [-0.2, 0) is 0 Å². The first-order valence-electron chi connectivity index (χ1n) is 6.45. The van der Waals surface area contributed by atoms with Gasteiger partial charge < -0.3 is 4.90 Å². The van der Waals surface area contributed by atoms with Crippen LogP contribution >= 0.6 is 11.8 Å². The summed E-state index contributed by atoms with van der Waals surface area (Å²) in [6.07, 6.45) is -1.35. The summed E-state index contributed by atoms with van der Waals surface area (Å²) in [6, 6.07) is 5.10. The van der Waals surface area contributed by atoms with Crippen LogP contribution in [0, 0.1) is 0 Å². The van der Waals surface area contributed by atoms with E-state index in [4.69, 9.17) is 0 Å². The van der Waals surface area contributed by atoms with E-state index in [2.05, 4.69) is 0 Å². The van der Waals surface area contributed by atoms with Crippen LogP contribution in [0.4, 0.5) is 13.2 Å². The lowest BCUT2D eigenvalue weighted by atomic mass is 10.0. The Morgan fingerprint density at radius 1 is 1.35 bits per heavy atom. The summed E-state index contributed by atoms with van der Waals surface area (Å²) in [7, 11) is 0. The van der Waals surface area contributed by atoms with E-state index in [1.165, 1.54) is 11.8 Å². The van der Waals surface area contributed by atoms with E-state index in [0.717, 1.165) is 9.80 Å². The Bertz CT molecular complexity index is 490. The molecule has 1 heterocycles. The summed E-state index contributed by atoms with van der Waals surface area (Å²) in [5.74, 6) is -0.525. The zero-order chi connectivity index (χ0) is 14.8. The first-order valence-corrected chi connectivity index (χ1v) is 7.67. The molecule has 1 aliphatic rings. The Balaban J connectivity index is 2.25. The van der Waals surface area contributed by atoms with Crippen molar-refractivity contribution in [1.82, 2.24) is 4.90 Å². The molecular formula is C14H16F3NOS. The first kappa shape index (κ1) is 15.2. The summed E-state index contributed by atoms with van der Waals surface area (Å²) in [4.78, 5) is 14.2. The molecule has 1 unspecified atom stereocenters. The minimum absolute atomic E-state index is 0.00252. The van der Waals surface area contributed by atoms with E-state index in [-0.39, 0.29) is 13.0 Å². The number of likely N-dealkylation sites (tertiary alicyclic amines) is 1. The van der Waals surface area contributed by atoms with Gasteiger partial charge in [0.15, 0.2) is 0 Å². The predicted octanol–water partition coefficient (Wildman–Crippen LogP) is 3.97. The Morgan fingerprint density at radius 2 is 2.10 bits per heavy atom. The van der Waals surface area contributed by atoms with Gasteiger partial charge in [-0.25, -0.2) is 0 Å². The number of alkyl halides is 3. The first-order chi connectivity index (χ1) is 9.43. The molecule has 2 nitrogen and oxygen atoms in total. The van der Waals surface area contributed by atoms with Gasteiger partial charge in [0.2, 0.25) is 0 Å². The number of carbonyl (C=O) groups excluding carboxylic acids is 1. The molecule has 6 heteroatoms. The lowest BCUT2D eigenvalue weighted by Gasteiger charge is -2.36. The van der Waals surface area contributed by atoms with Gasteiger partial charge in [0.25, 0.3) is 5.91 Å². The quantitative estimate of drug-likeness (QED) is 0.771.